The van der Waals surface area contributed by atoms with E-state index in [1.165, 1.54) is 4.90 Å². The molecule has 4 atom stereocenters. The highest BCUT2D eigenvalue weighted by molar-refractivity contribution is 6.30. The van der Waals surface area contributed by atoms with E-state index < -0.39 is 35.8 Å². The van der Waals surface area contributed by atoms with Crippen molar-refractivity contribution in [3.05, 3.63) is 136 Å². The lowest BCUT2D eigenvalue weighted by Gasteiger charge is -2.30. The number of carbonyl (C=O) groups is 3. The summed E-state index contributed by atoms with van der Waals surface area (Å²) < 4.78 is 5.33. The van der Waals surface area contributed by atoms with Gasteiger partial charge in [0, 0.05) is 22.1 Å². The van der Waals surface area contributed by atoms with Crippen LogP contribution in [0.1, 0.15) is 43.8 Å². The standard InChI is InChI=1S/C32H26ClNO5/c1-39-25-18-14-21(15-19-25)28-27(30(35)22-8-4-2-5-9-22)26(20-12-16-24(33)17-13-20)29(32(37)38)34(28)31(36)23-10-6-3-7-11-23/h2-19,26-29H,1H3,(H,37,38). The van der Waals surface area contributed by atoms with Gasteiger partial charge in [0.05, 0.1) is 19.1 Å². The van der Waals surface area contributed by atoms with Crippen molar-refractivity contribution in [2.75, 3.05) is 7.11 Å². The number of hydrogen-bond acceptors (Lipinski definition) is 4. The Morgan fingerprint density at radius 3 is 1.82 bits per heavy atom. The number of ether oxygens (including phenoxy) is 1. The van der Waals surface area contributed by atoms with E-state index in [2.05, 4.69) is 0 Å². The van der Waals surface area contributed by atoms with Crippen LogP contribution < -0.4 is 4.74 Å². The number of carboxylic acid groups (broad SMARTS) is 1. The summed E-state index contributed by atoms with van der Waals surface area (Å²) in [5.41, 5.74) is 2.03. The molecule has 0 aliphatic carbocycles. The molecule has 1 saturated heterocycles. The van der Waals surface area contributed by atoms with Gasteiger partial charge in [-0.2, -0.15) is 0 Å². The van der Waals surface area contributed by atoms with E-state index in [1.54, 1.807) is 110 Å². The normalized spacial score (nSPS) is 20.4. The molecule has 6 nitrogen and oxygen atoms in total. The Morgan fingerprint density at radius 2 is 1.28 bits per heavy atom. The van der Waals surface area contributed by atoms with E-state index in [-0.39, 0.29) is 5.78 Å². The van der Waals surface area contributed by atoms with Gasteiger partial charge in [0.2, 0.25) is 0 Å². The zero-order chi connectivity index (χ0) is 27.5. The van der Waals surface area contributed by atoms with Crippen LogP contribution in [0, 0.1) is 5.92 Å². The Bertz CT molecular complexity index is 1470. The molecule has 7 heteroatoms. The second-order valence-corrected chi connectivity index (χ2v) is 9.85. The number of benzene rings is 4. The van der Waals surface area contributed by atoms with Crippen LogP contribution in [0.5, 0.6) is 5.75 Å². The molecule has 0 bridgehead atoms. The second-order valence-electron chi connectivity index (χ2n) is 9.41. The molecule has 5 rings (SSSR count). The zero-order valence-corrected chi connectivity index (χ0v) is 21.9. The van der Waals surface area contributed by atoms with E-state index >= 15 is 0 Å². The number of hydrogen-bond donors (Lipinski definition) is 1. The molecule has 1 fully saturated rings. The zero-order valence-electron chi connectivity index (χ0n) is 21.1. The maximum absolute atomic E-state index is 14.3. The molecular formula is C32H26ClNO5. The second kappa shape index (κ2) is 11.1. The fourth-order valence-electron chi connectivity index (χ4n) is 5.51. The van der Waals surface area contributed by atoms with Gasteiger partial charge in [-0.05, 0) is 47.5 Å². The third kappa shape index (κ3) is 5.03. The minimum atomic E-state index is -1.32. The van der Waals surface area contributed by atoms with Crippen LogP contribution in [0.15, 0.2) is 109 Å². The van der Waals surface area contributed by atoms with Gasteiger partial charge in [0.25, 0.3) is 5.91 Å². The Hall–Kier alpha value is -4.42. The molecule has 0 spiro atoms. The first-order valence-electron chi connectivity index (χ1n) is 12.5. The summed E-state index contributed by atoms with van der Waals surface area (Å²) in [5.74, 6) is -3.03. The lowest BCUT2D eigenvalue weighted by molar-refractivity contribution is -0.142. The SMILES string of the molecule is COc1ccc(C2C(C(=O)c3ccccc3)C(c3ccc(Cl)cc3)C(C(=O)O)N2C(=O)c2ccccc2)cc1. The molecule has 1 N–H and O–H groups in total. The number of ketones is 1. The lowest BCUT2D eigenvalue weighted by Crippen LogP contribution is -2.43. The average molecular weight is 540 g/mol. The molecular weight excluding hydrogens is 514 g/mol. The van der Waals surface area contributed by atoms with Gasteiger partial charge < -0.3 is 14.7 Å². The molecule has 4 unspecified atom stereocenters. The Morgan fingerprint density at radius 1 is 0.744 bits per heavy atom. The van der Waals surface area contributed by atoms with Gasteiger partial charge in [-0.15, -0.1) is 0 Å². The first-order chi connectivity index (χ1) is 18.9. The van der Waals surface area contributed by atoms with Crippen LogP contribution in [0.4, 0.5) is 0 Å². The number of halogens is 1. The van der Waals surface area contributed by atoms with Crippen molar-refractivity contribution in [3.63, 3.8) is 0 Å². The van der Waals surface area contributed by atoms with Crippen LogP contribution >= 0.6 is 11.6 Å². The number of amides is 1. The fourth-order valence-corrected chi connectivity index (χ4v) is 5.64. The van der Waals surface area contributed by atoms with Crippen molar-refractivity contribution < 1.29 is 24.2 Å². The Labute approximate surface area is 231 Å². The summed E-state index contributed by atoms with van der Waals surface area (Å²) in [4.78, 5) is 42.8. The maximum atomic E-state index is 14.3. The summed E-state index contributed by atoms with van der Waals surface area (Å²) in [7, 11) is 1.55. The van der Waals surface area contributed by atoms with Crippen LogP contribution in [-0.2, 0) is 4.79 Å². The molecule has 1 heterocycles. The predicted octanol–water partition coefficient (Wildman–Crippen LogP) is 6.28. The molecule has 4 aromatic rings. The van der Waals surface area contributed by atoms with Gasteiger partial charge >= 0.3 is 5.97 Å². The summed E-state index contributed by atoms with van der Waals surface area (Å²) >= 11 is 6.16. The van der Waals surface area contributed by atoms with Gasteiger partial charge in [-0.25, -0.2) is 4.79 Å². The lowest BCUT2D eigenvalue weighted by atomic mass is 9.76. The highest BCUT2D eigenvalue weighted by Crippen LogP contribution is 2.52. The topological polar surface area (TPSA) is 83.9 Å². The van der Waals surface area contributed by atoms with Crippen LogP contribution in [0.2, 0.25) is 5.02 Å². The molecule has 39 heavy (non-hydrogen) atoms. The highest BCUT2D eigenvalue weighted by Gasteiger charge is 2.57. The minimum Gasteiger partial charge on any atom is -0.497 e. The van der Waals surface area contributed by atoms with Crippen molar-refractivity contribution in [1.82, 2.24) is 4.90 Å². The number of Topliss-reactive ketones (excluding diaryl/α,β-unsaturated/α-hetero) is 1. The molecule has 1 aliphatic rings. The summed E-state index contributed by atoms with van der Waals surface area (Å²) in [6.45, 7) is 0. The molecule has 0 radical (unpaired) electrons. The molecule has 196 valence electrons. The van der Waals surface area contributed by atoms with Crippen LogP contribution in [0.3, 0.4) is 0 Å². The van der Waals surface area contributed by atoms with E-state index in [0.717, 1.165) is 0 Å². The van der Waals surface area contributed by atoms with E-state index in [9.17, 15) is 19.5 Å². The minimum absolute atomic E-state index is 0.244. The largest absolute Gasteiger partial charge is 0.497 e. The summed E-state index contributed by atoms with van der Waals surface area (Å²) in [5, 5.41) is 11.1. The average Bonchev–Trinajstić information content (AvgIpc) is 3.34. The van der Waals surface area contributed by atoms with E-state index in [0.29, 0.717) is 33.0 Å². The number of aliphatic carboxylic acids is 1. The smallest absolute Gasteiger partial charge is 0.327 e. The Balaban J connectivity index is 1.77. The van der Waals surface area contributed by atoms with Gasteiger partial charge in [0.1, 0.15) is 11.8 Å². The number of carbonyl (C=O) groups excluding carboxylic acids is 2. The molecule has 1 aliphatic heterocycles. The highest BCUT2D eigenvalue weighted by atomic mass is 35.5. The third-order valence-electron chi connectivity index (χ3n) is 7.25. The molecule has 0 saturated carbocycles. The summed E-state index contributed by atoms with van der Waals surface area (Å²) in [6, 6.07) is 29.0. The number of carboxylic acids is 1. The van der Waals surface area contributed by atoms with Crippen molar-refractivity contribution in [2.24, 2.45) is 5.92 Å². The number of methoxy groups -OCH3 is 1. The quantitative estimate of drug-likeness (QED) is 0.279. The van der Waals surface area contributed by atoms with Crippen molar-refractivity contribution in [3.8, 4) is 5.75 Å². The van der Waals surface area contributed by atoms with Crippen LogP contribution in [-0.4, -0.2) is 40.8 Å². The monoisotopic (exact) mass is 539 g/mol. The van der Waals surface area contributed by atoms with Crippen LogP contribution in [0.25, 0.3) is 0 Å². The van der Waals surface area contributed by atoms with Crippen molar-refractivity contribution >= 4 is 29.3 Å². The van der Waals surface area contributed by atoms with Crippen molar-refractivity contribution in [2.45, 2.75) is 18.0 Å². The maximum Gasteiger partial charge on any atom is 0.327 e. The molecule has 4 aromatic carbocycles. The third-order valence-corrected chi connectivity index (χ3v) is 7.50. The molecule has 0 aromatic heterocycles. The van der Waals surface area contributed by atoms with E-state index in [4.69, 9.17) is 16.3 Å². The Kier molecular flexibility index (Phi) is 7.48. The number of nitrogens with zero attached hydrogens (tertiary/aromatic N) is 1. The van der Waals surface area contributed by atoms with E-state index in [1.807, 2.05) is 6.07 Å². The van der Waals surface area contributed by atoms with Crippen molar-refractivity contribution in [1.29, 1.82) is 0 Å². The fraction of sp³-hybridized carbons (Fsp3) is 0.156. The van der Waals surface area contributed by atoms with Gasteiger partial charge in [-0.1, -0.05) is 84.4 Å². The predicted molar refractivity (Wildman–Crippen MR) is 148 cm³/mol. The van der Waals surface area contributed by atoms with Gasteiger partial charge in [0.15, 0.2) is 5.78 Å². The molecule has 1 amide bonds. The first kappa shape index (κ1) is 26.2. The number of rotatable bonds is 7. The number of likely N-dealkylation sites (tertiary alicyclic amines) is 1. The summed E-state index contributed by atoms with van der Waals surface area (Å²) in [6.07, 6.45) is 0. The first-order valence-corrected chi connectivity index (χ1v) is 12.9. The van der Waals surface area contributed by atoms with Gasteiger partial charge in [-0.3, -0.25) is 9.59 Å².